The molecule has 0 aliphatic carbocycles. The molecule has 1 aliphatic rings. The zero-order valence-corrected chi connectivity index (χ0v) is 15.4. The highest BCUT2D eigenvalue weighted by atomic mass is 19.1. The lowest BCUT2D eigenvalue weighted by atomic mass is 9.98. The van der Waals surface area contributed by atoms with Crippen LogP contribution in [0.3, 0.4) is 0 Å². The van der Waals surface area contributed by atoms with Gasteiger partial charge in [-0.1, -0.05) is 18.2 Å². The second kappa shape index (κ2) is 8.95. The molecule has 0 aromatic heterocycles. The predicted octanol–water partition coefficient (Wildman–Crippen LogP) is 3.15. The van der Waals surface area contributed by atoms with Crippen molar-refractivity contribution in [3.8, 4) is 5.75 Å². The predicted molar refractivity (Wildman–Crippen MR) is 99.4 cm³/mol. The van der Waals surface area contributed by atoms with E-state index >= 15 is 0 Å². The largest absolute Gasteiger partial charge is 0.496 e. The molecule has 1 unspecified atom stereocenters. The van der Waals surface area contributed by atoms with E-state index in [1.54, 1.807) is 7.11 Å². The molecule has 1 fully saturated rings. The van der Waals surface area contributed by atoms with Crippen LogP contribution in [0, 0.1) is 17.6 Å². The van der Waals surface area contributed by atoms with Crippen LogP contribution in [0.5, 0.6) is 5.75 Å². The molecule has 0 spiro atoms. The van der Waals surface area contributed by atoms with Gasteiger partial charge < -0.3 is 10.1 Å². The summed E-state index contributed by atoms with van der Waals surface area (Å²) in [6.07, 6.45) is 1.53. The summed E-state index contributed by atoms with van der Waals surface area (Å²) in [4.78, 5) is 14.3. The second-order valence-corrected chi connectivity index (χ2v) is 6.96. The molecule has 1 heterocycles. The van der Waals surface area contributed by atoms with Crippen molar-refractivity contribution in [1.82, 2.24) is 10.2 Å². The Morgan fingerprint density at radius 2 is 1.96 bits per heavy atom. The van der Waals surface area contributed by atoms with Crippen molar-refractivity contribution in [2.75, 3.05) is 26.7 Å². The molecule has 1 N–H and O–H groups in total. The van der Waals surface area contributed by atoms with E-state index in [2.05, 4.69) is 10.2 Å². The van der Waals surface area contributed by atoms with Gasteiger partial charge in [-0.3, -0.25) is 9.69 Å². The standard InChI is InChI=1S/C21H24F2N2O2/c1-27-20-5-3-2-4-17(20)12-24-21(26)14-25-7-6-15(13-25)8-16-9-18(22)11-19(23)10-16/h2-5,9-11,15H,6-8,12-14H2,1H3,(H,24,26). The molecule has 0 radical (unpaired) electrons. The number of halogens is 2. The van der Waals surface area contributed by atoms with Gasteiger partial charge in [0.25, 0.3) is 0 Å². The van der Waals surface area contributed by atoms with Gasteiger partial charge in [-0.05, 0) is 49.1 Å². The summed E-state index contributed by atoms with van der Waals surface area (Å²) in [7, 11) is 1.61. The molecule has 0 saturated carbocycles. The van der Waals surface area contributed by atoms with Crippen LogP contribution in [0.1, 0.15) is 17.5 Å². The summed E-state index contributed by atoms with van der Waals surface area (Å²) >= 11 is 0. The molecular weight excluding hydrogens is 350 g/mol. The minimum atomic E-state index is -0.546. The molecule has 144 valence electrons. The first-order valence-corrected chi connectivity index (χ1v) is 9.09. The first-order valence-electron chi connectivity index (χ1n) is 9.09. The molecule has 3 rings (SSSR count). The lowest BCUT2D eigenvalue weighted by molar-refractivity contribution is -0.122. The van der Waals surface area contributed by atoms with Gasteiger partial charge in [0.05, 0.1) is 13.7 Å². The molecule has 2 aromatic rings. The molecule has 27 heavy (non-hydrogen) atoms. The maximum Gasteiger partial charge on any atom is 0.234 e. The Morgan fingerprint density at radius 3 is 2.70 bits per heavy atom. The van der Waals surface area contributed by atoms with E-state index in [4.69, 9.17) is 4.74 Å². The van der Waals surface area contributed by atoms with E-state index in [0.29, 0.717) is 31.0 Å². The summed E-state index contributed by atoms with van der Waals surface area (Å²) in [5, 5.41) is 2.92. The van der Waals surface area contributed by atoms with Crippen molar-refractivity contribution in [1.29, 1.82) is 0 Å². The number of amides is 1. The Bertz CT molecular complexity index is 777. The van der Waals surface area contributed by atoms with Crippen molar-refractivity contribution in [2.24, 2.45) is 5.92 Å². The van der Waals surface area contributed by atoms with Crippen molar-refractivity contribution in [2.45, 2.75) is 19.4 Å². The fraction of sp³-hybridized carbons (Fsp3) is 0.381. The molecule has 1 atom stereocenters. The van der Waals surface area contributed by atoms with Gasteiger partial charge in [0.2, 0.25) is 5.91 Å². The van der Waals surface area contributed by atoms with Crippen LogP contribution in [0.15, 0.2) is 42.5 Å². The lowest BCUT2D eigenvalue weighted by Crippen LogP contribution is -2.35. The Balaban J connectivity index is 1.45. The topological polar surface area (TPSA) is 41.6 Å². The quantitative estimate of drug-likeness (QED) is 0.810. The number of hydrogen-bond acceptors (Lipinski definition) is 3. The number of ether oxygens (including phenoxy) is 1. The average Bonchev–Trinajstić information content (AvgIpc) is 3.06. The summed E-state index contributed by atoms with van der Waals surface area (Å²) in [5.74, 6) is -0.0842. The van der Waals surface area contributed by atoms with E-state index in [1.807, 2.05) is 24.3 Å². The van der Waals surface area contributed by atoms with Crippen LogP contribution >= 0.6 is 0 Å². The number of carbonyl (C=O) groups is 1. The smallest absolute Gasteiger partial charge is 0.234 e. The van der Waals surface area contributed by atoms with Crippen LogP contribution in [0.4, 0.5) is 8.78 Å². The second-order valence-electron chi connectivity index (χ2n) is 6.96. The van der Waals surface area contributed by atoms with E-state index in [-0.39, 0.29) is 5.91 Å². The zero-order valence-electron chi connectivity index (χ0n) is 15.4. The Morgan fingerprint density at radius 1 is 1.22 bits per heavy atom. The third kappa shape index (κ3) is 5.50. The highest BCUT2D eigenvalue weighted by Crippen LogP contribution is 2.22. The van der Waals surface area contributed by atoms with Crippen molar-refractivity contribution >= 4 is 5.91 Å². The molecule has 2 aromatic carbocycles. The van der Waals surface area contributed by atoms with Crippen LogP contribution in [-0.4, -0.2) is 37.6 Å². The number of nitrogens with one attached hydrogen (secondary N) is 1. The number of para-hydroxylation sites is 1. The molecule has 1 saturated heterocycles. The Kier molecular flexibility index (Phi) is 6.40. The SMILES string of the molecule is COc1ccccc1CNC(=O)CN1CCC(Cc2cc(F)cc(F)c2)C1. The van der Waals surface area contributed by atoms with E-state index in [1.165, 1.54) is 12.1 Å². The summed E-state index contributed by atoms with van der Waals surface area (Å²) in [5.41, 5.74) is 1.60. The third-order valence-electron chi connectivity index (χ3n) is 4.85. The fourth-order valence-electron chi connectivity index (χ4n) is 3.59. The van der Waals surface area contributed by atoms with Gasteiger partial charge in [0.15, 0.2) is 0 Å². The minimum Gasteiger partial charge on any atom is -0.496 e. The van der Waals surface area contributed by atoms with Gasteiger partial charge in [0.1, 0.15) is 17.4 Å². The minimum absolute atomic E-state index is 0.0432. The van der Waals surface area contributed by atoms with Gasteiger partial charge >= 0.3 is 0 Å². The number of rotatable bonds is 7. The highest BCUT2D eigenvalue weighted by molar-refractivity contribution is 5.78. The number of nitrogens with zero attached hydrogens (tertiary/aromatic N) is 1. The van der Waals surface area contributed by atoms with Crippen LogP contribution in [0.2, 0.25) is 0 Å². The number of hydrogen-bond donors (Lipinski definition) is 1. The Hall–Kier alpha value is -2.47. The molecule has 1 amide bonds. The maximum absolute atomic E-state index is 13.3. The molecule has 1 aliphatic heterocycles. The first-order chi connectivity index (χ1) is 13.0. The van der Waals surface area contributed by atoms with Crippen molar-refractivity contribution < 1.29 is 18.3 Å². The Labute approximate surface area is 158 Å². The van der Waals surface area contributed by atoms with Gasteiger partial charge in [-0.15, -0.1) is 0 Å². The van der Waals surface area contributed by atoms with Gasteiger partial charge in [0, 0.05) is 24.7 Å². The van der Waals surface area contributed by atoms with E-state index in [0.717, 1.165) is 36.9 Å². The molecular formula is C21H24F2N2O2. The van der Waals surface area contributed by atoms with Gasteiger partial charge in [-0.25, -0.2) is 8.78 Å². The van der Waals surface area contributed by atoms with Crippen molar-refractivity contribution in [3.63, 3.8) is 0 Å². The third-order valence-corrected chi connectivity index (χ3v) is 4.85. The number of carbonyl (C=O) groups excluding carboxylic acids is 1. The van der Waals surface area contributed by atoms with E-state index < -0.39 is 11.6 Å². The summed E-state index contributed by atoms with van der Waals surface area (Å²) < 4.78 is 31.9. The fourth-order valence-corrected chi connectivity index (χ4v) is 3.59. The molecule has 6 heteroatoms. The maximum atomic E-state index is 13.3. The summed E-state index contributed by atoms with van der Waals surface area (Å²) in [6.45, 7) is 2.30. The summed E-state index contributed by atoms with van der Waals surface area (Å²) in [6, 6.07) is 11.2. The normalized spacial score (nSPS) is 17.1. The van der Waals surface area contributed by atoms with Gasteiger partial charge in [-0.2, -0.15) is 0 Å². The number of likely N-dealkylation sites (tertiary alicyclic amines) is 1. The van der Waals surface area contributed by atoms with E-state index in [9.17, 15) is 13.6 Å². The molecule has 4 nitrogen and oxygen atoms in total. The number of benzene rings is 2. The first kappa shape index (κ1) is 19.3. The molecule has 0 bridgehead atoms. The monoisotopic (exact) mass is 374 g/mol. The van der Waals surface area contributed by atoms with Crippen LogP contribution in [0.25, 0.3) is 0 Å². The highest BCUT2D eigenvalue weighted by Gasteiger charge is 2.24. The van der Waals surface area contributed by atoms with Crippen LogP contribution < -0.4 is 10.1 Å². The van der Waals surface area contributed by atoms with Crippen LogP contribution in [-0.2, 0) is 17.8 Å². The average molecular weight is 374 g/mol. The zero-order chi connectivity index (χ0) is 19.2. The van der Waals surface area contributed by atoms with Crippen molar-refractivity contribution in [3.05, 3.63) is 65.2 Å². The number of methoxy groups -OCH3 is 1. The lowest BCUT2D eigenvalue weighted by Gasteiger charge is -2.16.